The molecule has 1 atom stereocenters. The van der Waals surface area contributed by atoms with Gasteiger partial charge in [-0.3, -0.25) is 4.79 Å². The molecular weight excluding hydrogens is 306 g/mol. The van der Waals surface area contributed by atoms with E-state index in [0.717, 1.165) is 30.7 Å². The van der Waals surface area contributed by atoms with Gasteiger partial charge >= 0.3 is 0 Å². The highest BCUT2D eigenvalue weighted by Crippen LogP contribution is 2.32. The molecule has 2 aromatic rings. The Balaban J connectivity index is 1.70. The number of carbonyl (C=O) groups excluding carboxylic acids is 1. The summed E-state index contributed by atoms with van der Waals surface area (Å²) in [5.74, 6) is 0.900. The number of rotatable bonds is 5. The standard InChI is InChI=1S/C17H19N5O2/c1-2-24-14-7-5-13(6-8-14)15-4-3-9-22(15)17(23)11-21-12-19-16(10-18)20-21/h5-8,12,15H,2-4,9,11H2,1H3/t15-/m1/s1. The highest BCUT2D eigenvalue weighted by Gasteiger charge is 2.30. The molecule has 1 saturated heterocycles. The summed E-state index contributed by atoms with van der Waals surface area (Å²) in [4.78, 5) is 18.3. The first kappa shape index (κ1) is 16.0. The van der Waals surface area contributed by atoms with E-state index in [2.05, 4.69) is 10.1 Å². The lowest BCUT2D eigenvalue weighted by Crippen LogP contribution is -2.33. The van der Waals surface area contributed by atoms with Crippen LogP contribution in [0.15, 0.2) is 30.6 Å². The van der Waals surface area contributed by atoms with Crippen molar-refractivity contribution in [1.29, 1.82) is 5.26 Å². The van der Waals surface area contributed by atoms with E-state index in [1.807, 2.05) is 42.2 Å². The van der Waals surface area contributed by atoms with Crippen molar-refractivity contribution in [3.63, 3.8) is 0 Å². The summed E-state index contributed by atoms with van der Waals surface area (Å²) in [6.07, 6.45) is 3.34. The normalized spacial score (nSPS) is 16.8. The first-order valence-electron chi connectivity index (χ1n) is 8.03. The third-order valence-electron chi connectivity index (χ3n) is 4.08. The second-order valence-corrected chi connectivity index (χ2v) is 5.62. The van der Waals surface area contributed by atoms with Gasteiger partial charge in [0.15, 0.2) is 0 Å². The summed E-state index contributed by atoms with van der Waals surface area (Å²) in [5.41, 5.74) is 1.11. The Morgan fingerprint density at radius 2 is 2.21 bits per heavy atom. The highest BCUT2D eigenvalue weighted by atomic mass is 16.5. The molecule has 1 aromatic heterocycles. The topological polar surface area (TPSA) is 84.0 Å². The van der Waals surface area contributed by atoms with Crippen molar-refractivity contribution in [1.82, 2.24) is 19.7 Å². The molecule has 0 saturated carbocycles. The number of likely N-dealkylation sites (tertiary alicyclic amines) is 1. The summed E-state index contributed by atoms with van der Waals surface area (Å²) in [5, 5.41) is 12.7. The number of aromatic nitrogens is 3. The van der Waals surface area contributed by atoms with E-state index in [1.165, 1.54) is 11.0 Å². The molecule has 3 rings (SSSR count). The van der Waals surface area contributed by atoms with Crippen LogP contribution in [0.25, 0.3) is 0 Å². The minimum Gasteiger partial charge on any atom is -0.494 e. The van der Waals surface area contributed by atoms with Crippen LogP contribution in [0, 0.1) is 11.3 Å². The summed E-state index contributed by atoms with van der Waals surface area (Å²) in [7, 11) is 0. The molecule has 0 N–H and O–H groups in total. The molecule has 2 heterocycles. The largest absolute Gasteiger partial charge is 0.494 e. The van der Waals surface area contributed by atoms with Gasteiger partial charge in [-0.2, -0.15) is 5.26 Å². The van der Waals surface area contributed by atoms with E-state index in [9.17, 15) is 4.79 Å². The Hall–Kier alpha value is -2.88. The van der Waals surface area contributed by atoms with Crippen LogP contribution in [0.2, 0.25) is 0 Å². The van der Waals surface area contributed by atoms with Crippen molar-refractivity contribution in [2.45, 2.75) is 32.4 Å². The molecule has 1 aliphatic heterocycles. The molecule has 24 heavy (non-hydrogen) atoms. The summed E-state index contributed by atoms with van der Waals surface area (Å²) >= 11 is 0. The molecule has 0 bridgehead atoms. The number of carbonyl (C=O) groups is 1. The van der Waals surface area contributed by atoms with E-state index in [-0.39, 0.29) is 24.3 Å². The first-order valence-corrected chi connectivity index (χ1v) is 8.03. The SMILES string of the molecule is CCOc1ccc([C@H]2CCCN2C(=O)Cn2cnc(C#N)n2)cc1. The predicted molar refractivity (Wildman–Crippen MR) is 86.0 cm³/mol. The average Bonchev–Trinajstić information content (AvgIpc) is 3.25. The Bertz CT molecular complexity index is 747. The Morgan fingerprint density at radius 1 is 1.42 bits per heavy atom. The zero-order valence-electron chi connectivity index (χ0n) is 13.6. The van der Waals surface area contributed by atoms with E-state index < -0.39 is 0 Å². The molecule has 1 aromatic carbocycles. The number of hydrogen-bond acceptors (Lipinski definition) is 5. The lowest BCUT2D eigenvalue weighted by Gasteiger charge is -2.25. The van der Waals surface area contributed by atoms with Gasteiger partial charge in [-0.25, -0.2) is 9.67 Å². The Kier molecular flexibility index (Phi) is 4.75. The Labute approximate surface area is 140 Å². The zero-order chi connectivity index (χ0) is 16.9. The van der Waals surface area contributed by atoms with Gasteiger partial charge in [0, 0.05) is 6.54 Å². The van der Waals surface area contributed by atoms with Gasteiger partial charge in [-0.15, -0.1) is 5.10 Å². The fraction of sp³-hybridized carbons (Fsp3) is 0.412. The van der Waals surface area contributed by atoms with Crippen molar-refractivity contribution in [3.8, 4) is 11.8 Å². The van der Waals surface area contributed by atoms with Crippen LogP contribution in [0.4, 0.5) is 0 Å². The van der Waals surface area contributed by atoms with E-state index in [1.54, 1.807) is 0 Å². The average molecular weight is 325 g/mol. The second kappa shape index (κ2) is 7.13. The lowest BCUT2D eigenvalue weighted by atomic mass is 10.0. The predicted octanol–water partition coefficient (Wildman–Crippen LogP) is 1.91. The van der Waals surface area contributed by atoms with Crippen LogP contribution in [0.1, 0.15) is 37.2 Å². The zero-order valence-corrected chi connectivity index (χ0v) is 13.6. The van der Waals surface area contributed by atoms with Crippen molar-refractivity contribution in [2.24, 2.45) is 0 Å². The van der Waals surface area contributed by atoms with Crippen LogP contribution in [-0.4, -0.2) is 38.7 Å². The van der Waals surface area contributed by atoms with E-state index in [4.69, 9.17) is 10.00 Å². The fourth-order valence-corrected chi connectivity index (χ4v) is 3.02. The maximum absolute atomic E-state index is 12.6. The number of benzene rings is 1. The molecule has 0 radical (unpaired) electrons. The highest BCUT2D eigenvalue weighted by molar-refractivity contribution is 5.76. The number of nitrogens with zero attached hydrogens (tertiary/aromatic N) is 5. The minimum atomic E-state index is -0.0132. The molecule has 1 fully saturated rings. The fourth-order valence-electron chi connectivity index (χ4n) is 3.02. The number of amides is 1. The Morgan fingerprint density at radius 3 is 2.88 bits per heavy atom. The van der Waals surface area contributed by atoms with Crippen LogP contribution >= 0.6 is 0 Å². The summed E-state index contributed by atoms with van der Waals surface area (Å²) < 4.78 is 6.88. The van der Waals surface area contributed by atoms with Gasteiger partial charge in [0.05, 0.1) is 12.6 Å². The molecule has 0 unspecified atom stereocenters. The molecule has 1 amide bonds. The summed E-state index contributed by atoms with van der Waals surface area (Å²) in [6.45, 7) is 3.42. The van der Waals surface area contributed by atoms with Gasteiger partial charge in [0.2, 0.25) is 5.91 Å². The molecule has 0 spiro atoms. The smallest absolute Gasteiger partial charge is 0.252 e. The second-order valence-electron chi connectivity index (χ2n) is 5.62. The third-order valence-corrected chi connectivity index (χ3v) is 4.08. The van der Waals surface area contributed by atoms with E-state index >= 15 is 0 Å². The van der Waals surface area contributed by atoms with Crippen molar-refractivity contribution >= 4 is 5.91 Å². The van der Waals surface area contributed by atoms with Crippen LogP contribution in [0.3, 0.4) is 0 Å². The van der Waals surface area contributed by atoms with Crippen molar-refractivity contribution in [3.05, 3.63) is 42.0 Å². The third kappa shape index (κ3) is 3.38. The maximum Gasteiger partial charge on any atom is 0.252 e. The molecule has 7 heteroatoms. The molecular formula is C17H19N5O2. The van der Waals surface area contributed by atoms with Gasteiger partial charge in [-0.05, 0) is 37.5 Å². The molecule has 1 aliphatic rings. The minimum absolute atomic E-state index is 0.0132. The maximum atomic E-state index is 12.6. The van der Waals surface area contributed by atoms with Crippen LogP contribution < -0.4 is 4.74 Å². The lowest BCUT2D eigenvalue weighted by molar-refractivity contribution is -0.133. The van der Waals surface area contributed by atoms with Crippen LogP contribution in [0.5, 0.6) is 5.75 Å². The van der Waals surface area contributed by atoms with Crippen molar-refractivity contribution < 1.29 is 9.53 Å². The van der Waals surface area contributed by atoms with Crippen molar-refractivity contribution in [2.75, 3.05) is 13.2 Å². The number of nitriles is 1. The van der Waals surface area contributed by atoms with Gasteiger partial charge in [0.1, 0.15) is 24.7 Å². The summed E-state index contributed by atoms with van der Waals surface area (Å²) in [6, 6.07) is 9.86. The van der Waals surface area contributed by atoms with E-state index in [0.29, 0.717) is 6.61 Å². The van der Waals surface area contributed by atoms with Gasteiger partial charge < -0.3 is 9.64 Å². The number of ether oxygens (including phenoxy) is 1. The van der Waals surface area contributed by atoms with Gasteiger partial charge in [-0.1, -0.05) is 12.1 Å². The first-order chi connectivity index (χ1) is 11.7. The molecule has 7 nitrogen and oxygen atoms in total. The van der Waals surface area contributed by atoms with Crippen LogP contribution in [-0.2, 0) is 11.3 Å². The van der Waals surface area contributed by atoms with Gasteiger partial charge in [0.25, 0.3) is 5.82 Å². The molecule has 0 aliphatic carbocycles. The number of hydrogen-bond donors (Lipinski definition) is 0. The quantitative estimate of drug-likeness (QED) is 0.838. The monoisotopic (exact) mass is 325 g/mol. The molecule has 124 valence electrons.